The molecule has 0 saturated heterocycles. The van der Waals surface area contributed by atoms with Gasteiger partial charge in [0.2, 0.25) is 5.60 Å². The Balaban J connectivity index is 5.08. The van der Waals surface area contributed by atoms with Gasteiger partial charge in [-0.3, -0.25) is 4.79 Å². The molecule has 0 radical (unpaired) electrons. The zero-order valence-electron chi connectivity index (χ0n) is 7.35. The van der Waals surface area contributed by atoms with Gasteiger partial charge in [0, 0.05) is 0 Å². The van der Waals surface area contributed by atoms with Crippen molar-refractivity contribution in [3.63, 3.8) is 0 Å². The van der Waals surface area contributed by atoms with Crippen molar-refractivity contribution < 1.29 is 23.1 Å². The molecule has 78 valence electrons. The summed E-state index contributed by atoms with van der Waals surface area (Å²) in [5.41, 5.74) is 1.47. The average Bonchev–Trinajstić information content (AvgIpc) is 1.98. The van der Waals surface area contributed by atoms with E-state index >= 15 is 0 Å². The number of halogens is 3. The number of nitrogens with two attached hydrogens (primary N) is 1. The normalized spacial score (nSPS) is 17.2. The van der Waals surface area contributed by atoms with Gasteiger partial charge >= 0.3 is 6.18 Å². The van der Waals surface area contributed by atoms with Crippen LogP contribution in [0.1, 0.15) is 13.8 Å². The summed E-state index contributed by atoms with van der Waals surface area (Å²) in [7, 11) is 0. The summed E-state index contributed by atoms with van der Waals surface area (Å²) < 4.78 is 36.8. The van der Waals surface area contributed by atoms with Crippen LogP contribution in [0.25, 0.3) is 0 Å². The van der Waals surface area contributed by atoms with Crippen molar-refractivity contribution in [3.8, 4) is 0 Å². The molecule has 0 bridgehead atoms. The summed E-state index contributed by atoms with van der Waals surface area (Å²) >= 11 is 0. The SMILES string of the molecule is CC(C)C(O)(C(=O)CN)C(F)(F)F. The molecule has 3 nitrogen and oxygen atoms in total. The molecule has 0 spiro atoms. The van der Waals surface area contributed by atoms with Gasteiger partial charge in [0.25, 0.3) is 0 Å². The van der Waals surface area contributed by atoms with Crippen LogP contribution < -0.4 is 5.73 Å². The molecule has 0 aliphatic rings. The first-order chi connectivity index (χ1) is 5.67. The van der Waals surface area contributed by atoms with E-state index in [1.54, 1.807) is 0 Å². The molecule has 0 aliphatic carbocycles. The Morgan fingerprint density at radius 2 is 1.85 bits per heavy atom. The second-order valence-electron chi connectivity index (χ2n) is 3.05. The number of alkyl halides is 3. The number of carbonyl (C=O) groups excluding carboxylic acids is 1. The lowest BCUT2D eigenvalue weighted by Gasteiger charge is -2.32. The third-order valence-corrected chi connectivity index (χ3v) is 1.88. The zero-order valence-corrected chi connectivity index (χ0v) is 7.35. The molecule has 0 aromatic carbocycles. The van der Waals surface area contributed by atoms with Crippen LogP contribution >= 0.6 is 0 Å². The second-order valence-corrected chi connectivity index (χ2v) is 3.05. The smallest absolute Gasteiger partial charge is 0.374 e. The van der Waals surface area contributed by atoms with Gasteiger partial charge in [-0.2, -0.15) is 13.2 Å². The highest BCUT2D eigenvalue weighted by Gasteiger charge is 2.60. The van der Waals surface area contributed by atoms with E-state index in [4.69, 9.17) is 10.8 Å². The molecule has 0 saturated carbocycles. The highest BCUT2D eigenvalue weighted by molar-refractivity contribution is 5.89. The minimum Gasteiger partial charge on any atom is -0.374 e. The van der Waals surface area contributed by atoms with Gasteiger partial charge in [-0.25, -0.2) is 0 Å². The number of aliphatic hydroxyl groups is 1. The van der Waals surface area contributed by atoms with E-state index < -0.39 is 30.0 Å². The van der Waals surface area contributed by atoms with Crippen molar-refractivity contribution in [2.45, 2.75) is 25.6 Å². The monoisotopic (exact) mass is 199 g/mol. The molecular formula is C7H12F3NO2. The molecule has 0 aromatic heterocycles. The van der Waals surface area contributed by atoms with Crippen LogP contribution in [-0.4, -0.2) is 29.2 Å². The van der Waals surface area contributed by atoms with Gasteiger partial charge in [-0.15, -0.1) is 0 Å². The Bertz CT molecular complexity index is 202. The van der Waals surface area contributed by atoms with E-state index in [1.165, 1.54) is 0 Å². The predicted molar refractivity (Wildman–Crippen MR) is 39.9 cm³/mol. The Labute approximate surface area is 73.7 Å². The first kappa shape index (κ1) is 12.4. The summed E-state index contributed by atoms with van der Waals surface area (Å²) in [5, 5.41) is 9.14. The van der Waals surface area contributed by atoms with Crippen LogP contribution in [0.4, 0.5) is 13.2 Å². The molecule has 0 heterocycles. The quantitative estimate of drug-likeness (QED) is 0.694. The first-order valence-corrected chi connectivity index (χ1v) is 3.70. The maximum absolute atomic E-state index is 12.3. The van der Waals surface area contributed by atoms with Crippen LogP contribution in [0.2, 0.25) is 0 Å². The lowest BCUT2D eigenvalue weighted by molar-refractivity contribution is -0.263. The van der Waals surface area contributed by atoms with Crippen LogP contribution in [0.5, 0.6) is 0 Å². The average molecular weight is 199 g/mol. The minimum atomic E-state index is -4.97. The summed E-state index contributed by atoms with van der Waals surface area (Å²) in [6, 6.07) is 0. The number of rotatable bonds is 3. The number of carbonyl (C=O) groups is 1. The van der Waals surface area contributed by atoms with Gasteiger partial charge in [0.15, 0.2) is 5.78 Å². The topological polar surface area (TPSA) is 63.3 Å². The van der Waals surface area contributed by atoms with Crippen molar-refractivity contribution >= 4 is 5.78 Å². The van der Waals surface area contributed by atoms with Crippen molar-refractivity contribution in [2.24, 2.45) is 11.7 Å². The van der Waals surface area contributed by atoms with Crippen LogP contribution in [-0.2, 0) is 4.79 Å². The van der Waals surface area contributed by atoms with E-state index in [0.29, 0.717) is 0 Å². The maximum Gasteiger partial charge on any atom is 0.424 e. The van der Waals surface area contributed by atoms with Gasteiger partial charge in [-0.05, 0) is 5.92 Å². The van der Waals surface area contributed by atoms with Crippen molar-refractivity contribution in [1.29, 1.82) is 0 Å². The van der Waals surface area contributed by atoms with E-state index in [9.17, 15) is 18.0 Å². The van der Waals surface area contributed by atoms with Crippen molar-refractivity contribution in [1.82, 2.24) is 0 Å². The summed E-state index contributed by atoms with van der Waals surface area (Å²) in [5.74, 6) is -2.65. The molecule has 0 fully saturated rings. The maximum atomic E-state index is 12.3. The fraction of sp³-hybridized carbons (Fsp3) is 0.857. The van der Waals surface area contributed by atoms with Crippen LogP contribution in [0, 0.1) is 5.92 Å². The van der Waals surface area contributed by atoms with E-state index in [1.807, 2.05) is 0 Å². The van der Waals surface area contributed by atoms with E-state index in [2.05, 4.69) is 0 Å². The van der Waals surface area contributed by atoms with E-state index in [-0.39, 0.29) is 0 Å². The predicted octanol–water partition coefficient (Wildman–Crippen LogP) is 0.464. The summed E-state index contributed by atoms with van der Waals surface area (Å²) in [6.45, 7) is 1.40. The van der Waals surface area contributed by atoms with E-state index in [0.717, 1.165) is 13.8 Å². The van der Waals surface area contributed by atoms with Gasteiger partial charge in [-0.1, -0.05) is 13.8 Å². The Morgan fingerprint density at radius 3 is 1.92 bits per heavy atom. The fourth-order valence-electron chi connectivity index (χ4n) is 0.963. The van der Waals surface area contributed by atoms with Crippen molar-refractivity contribution in [3.05, 3.63) is 0 Å². The zero-order chi connectivity index (χ0) is 10.9. The molecule has 6 heteroatoms. The number of ketones is 1. The molecule has 0 aliphatic heterocycles. The molecule has 3 N–H and O–H groups in total. The van der Waals surface area contributed by atoms with Gasteiger partial charge in [0.05, 0.1) is 6.54 Å². The minimum absolute atomic E-state index is 0.825. The molecule has 1 atom stereocenters. The van der Waals surface area contributed by atoms with Gasteiger partial charge in [0.1, 0.15) is 0 Å². The summed E-state index contributed by atoms with van der Waals surface area (Å²) in [6.07, 6.45) is -4.97. The third-order valence-electron chi connectivity index (χ3n) is 1.88. The molecule has 1 unspecified atom stereocenters. The number of hydrogen-bond acceptors (Lipinski definition) is 3. The highest BCUT2D eigenvalue weighted by Crippen LogP contribution is 2.36. The Morgan fingerprint density at radius 1 is 1.46 bits per heavy atom. The molecule has 0 aromatic rings. The first-order valence-electron chi connectivity index (χ1n) is 3.70. The van der Waals surface area contributed by atoms with Crippen molar-refractivity contribution in [2.75, 3.05) is 6.54 Å². The molecule has 13 heavy (non-hydrogen) atoms. The number of hydrogen-bond donors (Lipinski definition) is 2. The Kier molecular flexibility index (Phi) is 3.46. The Hall–Kier alpha value is -0.620. The standard InChI is InChI=1S/C7H12F3NO2/c1-4(2)6(13,5(12)3-11)7(8,9)10/h4,13H,3,11H2,1-2H3. The van der Waals surface area contributed by atoms with Gasteiger partial charge < -0.3 is 10.8 Å². The lowest BCUT2D eigenvalue weighted by atomic mass is 9.85. The van der Waals surface area contributed by atoms with Crippen LogP contribution in [0.15, 0.2) is 0 Å². The molecule has 0 amide bonds. The molecule has 0 rings (SSSR count). The summed E-state index contributed by atoms with van der Waals surface area (Å²) in [4.78, 5) is 10.8. The largest absolute Gasteiger partial charge is 0.424 e. The number of Topliss-reactive ketones (excluding diaryl/α,β-unsaturated/α-hetero) is 1. The highest BCUT2D eigenvalue weighted by atomic mass is 19.4. The third kappa shape index (κ3) is 2.00. The molecular weight excluding hydrogens is 187 g/mol. The fourth-order valence-corrected chi connectivity index (χ4v) is 0.963. The van der Waals surface area contributed by atoms with Crippen LogP contribution in [0.3, 0.4) is 0 Å². The second kappa shape index (κ2) is 3.63. The lowest BCUT2D eigenvalue weighted by Crippen LogP contribution is -2.57.